The number of rotatable bonds is 3. The van der Waals surface area contributed by atoms with Crippen LogP contribution in [0.5, 0.6) is 5.75 Å². The SMILES string of the molecule is CC(=O)CCc1cc2nc3ccc(=O)cc-3oc2cc1O. The fourth-order valence-electron chi connectivity index (χ4n) is 2.20. The monoisotopic (exact) mass is 283 g/mol. The lowest BCUT2D eigenvalue weighted by Crippen LogP contribution is -2.00. The summed E-state index contributed by atoms with van der Waals surface area (Å²) in [4.78, 5) is 26.8. The second-order valence-corrected chi connectivity index (χ2v) is 4.99. The van der Waals surface area contributed by atoms with Gasteiger partial charge in [-0.3, -0.25) is 4.79 Å². The zero-order chi connectivity index (χ0) is 15.0. The van der Waals surface area contributed by atoms with E-state index in [1.165, 1.54) is 25.1 Å². The maximum Gasteiger partial charge on any atom is 0.182 e. The van der Waals surface area contributed by atoms with E-state index in [9.17, 15) is 14.7 Å². The van der Waals surface area contributed by atoms with Crippen LogP contribution in [-0.2, 0) is 11.2 Å². The number of benzene rings is 2. The van der Waals surface area contributed by atoms with Crippen molar-refractivity contribution in [3.05, 3.63) is 46.1 Å². The minimum atomic E-state index is -0.158. The molecule has 5 heteroatoms. The molecule has 21 heavy (non-hydrogen) atoms. The zero-order valence-corrected chi connectivity index (χ0v) is 11.4. The van der Waals surface area contributed by atoms with Crippen LogP contribution in [0.25, 0.3) is 22.6 Å². The van der Waals surface area contributed by atoms with Gasteiger partial charge in [-0.05, 0) is 37.1 Å². The molecule has 0 amide bonds. The molecule has 1 aromatic rings. The molecule has 1 aliphatic carbocycles. The van der Waals surface area contributed by atoms with Crippen LogP contribution in [0.4, 0.5) is 0 Å². The number of aromatic nitrogens is 1. The summed E-state index contributed by atoms with van der Waals surface area (Å²) in [5.74, 6) is 0.506. The topological polar surface area (TPSA) is 80.4 Å². The van der Waals surface area contributed by atoms with Crippen molar-refractivity contribution in [3.8, 4) is 17.2 Å². The number of aryl methyl sites for hydroxylation is 1. The van der Waals surface area contributed by atoms with E-state index in [1.807, 2.05) is 0 Å². The molecule has 5 nitrogen and oxygen atoms in total. The van der Waals surface area contributed by atoms with E-state index in [2.05, 4.69) is 4.98 Å². The van der Waals surface area contributed by atoms with Crippen LogP contribution in [0.1, 0.15) is 18.9 Å². The van der Waals surface area contributed by atoms with E-state index in [1.54, 1.807) is 12.1 Å². The van der Waals surface area contributed by atoms with Gasteiger partial charge in [0.05, 0.1) is 0 Å². The molecule has 1 aromatic carbocycles. The summed E-state index contributed by atoms with van der Waals surface area (Å²) in [5, 5.41) is 9.99. The molecule has 0 bridgehead atoms. The molecular formula is C16H13NO4. The summed E-state index contributed by atoms with van der Waals surface area (Å²) in [6.45, 7) is 1.51. The largest absolute Gasteiger partial charge is 0.508 e. The van der Waals surface area contributed by atoms with Gasteiger partial charge in [-0.15, -0.1) is 0 Å². The predicted octanol–water partition coefficient (Wildman–Crippen LogP) is 2.52. The number of hydrogen-bond donors (Lipinski definition) is 1. The van der Waals surface area contributed by atoms with E-state index < -0.39 is 0 Å². The first kappa shape index (κ1) is 13.3. The van der Waals surface area contributed by atoms with Crippen LogP contribution in [0.3, 0.4) is 0 Å². The standard InChI is InChI=1S/C16H13NO4/c1-9(18)2-3-10-6-13-16(8-14(10)20)21-15-7-11(19)4-5-12(15)17-13/h4-8,20H,2-3H2,1H3. The minimum absolute atomic E-state index is 0.0620. The van der Waals surface area contributed by atoms with Crippen molar-refractivity contribution in [1.29, 1.82) is 0 Å². The lowest BCUT2D eigenvalue weighted by molar-refractivity contribution is -0.116. The van der Waals surface area contributed by atoms with Crippen molar-refractivity contribution in [1.82, 2.24) is 4.98 Å². The van der Waals surface area contributed by atoms with E-state index in [-0.39, 0.29) is 17.0 Å². The highest BCUT2D eigenvalue weighted by atomic mass is 16.3. The van der Waals surface area contributed by atoms with Crippen molar-refractivity contribution < 1.29 is 14.3 Å². The summed E-state index contributed by atoms with van der Waals surface area (Å²) >= 11 is 0. The molecule has 0 spiro atoms. The lowest BCUT2D eigenvalue weighted by Gasteiger charge is -2.08. The molecule has 2 aliphatic rings. The van der Waals surface area contributed by atoms with Gasteiger partial charge in [-0.2, -0.15) is 0 Å². The van der Waals surface area contributed by atoms with Crippen LogP contribution in [0.2, 0.25) is 0 Å². The highest BCUT2D eigenvalue weighted by Crippen LogP contribution is 2.29. The molecule has 0 aromatic heterocycles. The second kappa shape index (κ2) is 5.01. The molecule has 0 fully saturated rings. The Hall–Kier alpha value is -2.69. The van der Waals surface area contributed by atoms with Gasteiger partial charge in [0.2, 0.25) is 0 Å². The van der Waals surface area contributed by atoms with Crippen LogP contribution in [0, 0.1) is 0 Å². The number of nitrogens with zero attached hydrogens (tertiary/aromatic N) is 1. The smallest absolute Gasteiger partial charge is 0.182 e. The van der Waals surface area contributed by atoms with E-state index in [4.69, 9.17) is 4.42 Å². The number of ketones is 1. The Morgan fingerprint density at radius 3 is 2.86 bits per heavy atom. The first-order valence-corrected chi connectivity index (χ1v) is 6.59. The molecule has 1 N–H and O–H groups in total. The highest BCUT2D eigenvalue weighted by Gasteiger charge is 2.12. The van der Waals surface area contributed by atoms with Crippen LogP contribution in [0.15, 0.2) is 39.5 Å². The predicted molar refractivity (Wildman–Crippen MR) is 77.6 cm³/mol. The average Bonchev–Trinajstić information content (AvgIpc) is 2.43. The number of Topliss-reactive ketones (excluding diaryl/α,β-unsaturated/α-hetero) is 1. The molecular weight excluding hydrogens is 270 g/mol. The second-order valence-electron chi connectivity index (χ2n) is 4.99. The molecule has 3 rings (SSSR count). The highest BCUT2D eigenvalue weighted by molar-refractivity contribution is 5.80. The van der Waals surface area contributed by atoms with Crippen LogP contribution >= 0.6 is 0 Å². The Labute approximate surface area is 120 Å². The third-order valence-corrected chi connectivity index (χ3v) is 3.30. The molecule has 1 aliphatic heterocycles. The molecule has 0 radical (unpaired) electrons. The fourth-order valence-corrected chi connectivity index (χ4v) is 2.20. The Balaban J connectivity index is 2.15. The van der Waals surface area contributed by atoms with Crippen molar-refractivity contribution in [3.63, 3.8) is 0 Å². The number of phenolic OH excluding ortho intramolecular Hbond substituents is 1. The van der Waals surface area contributed by atoms with Gasteiger partial charge in [0.1, 0.15) is 22.7 Å². The van der Waals surface area contributed by atoms with Gasteiger partial charge in [0.15, 0.2) is 16.8 Å². The maximum atomic E-state index is 11.3. The van der Waals surface area contributed by atoms with Crippen molar-refractivity contribution in [2.24, 2.45) is 0 Å². The van der Waals surface area contributed by atoms with Gasteiger partial charge >= 0.3 is 0 Å². The van der Waals surface area contributed by atoms with E-state index in [0.29, 0.717) is 41.0 Å². The normalized spacial score (nSPS) is 11.1. The van der Waals surface area contributed by atoms with E-state index >= 15 is 0 Å². The van der Waals surface area contributed by atoms with E-state index in [0.717, 1.165) is 0 Å². The third kappa shape index (κ3) is 2.63. The molecule has 1 heterocycles. The third-order valence-electron chi connectivity index (χ3n) is 3.30. The maximum absolute atomic E-state index is 11.3. The summed E-state index contributed by atoms with van der Waals surface area (Å²) in [6, 6.07) is 7.56. The van der Waals surface area contributed by atoms with Crippen LogP contribution < -0.4 is 5.43 Å². The number of hydrogen-bond acceptors (Lipinski definition) is 5. The average molecular weight is 283 g/mol. The summed E-state index contributed by atoms with van der Waals surface area (Å²) in [5.41, 5.74) is 2.05. The zero-order valence-electron chi connectivity index (χ0n) is 11.4. The number of fused-ring (bicyclic) bond motifs is 2. The molecule has 0 atom stereocenters. The fraction of sp³-hybridized carbons (Fsp3) is 0.188. The summed E-state index contributed by atoms with van der Waals surface area (Å²) < 4.78 is 5.60. The van der Waals surface area contributed by atoms with Crippen molar-refractivity contribution >= 4 is 16.9 Å². The Morgan fingerprint density at radius 2 is 2.10 bits per heavy atom. The molecule has 0 saturated carbocycles. The lowest BCUT2D eigenvalue weighted by atomic mass is 10.1. The number of carbonyl (C=O) groups excluding carboxylic acids is 1. The van der Waals surface area contributed by atoms with Gasteiger partial charge in [0.25, 0.3) is 0 Å². The van der Waals surface area contributed by atoms with Gasteiger partial charge < -0.3 is 14.3 Å². The molecule has 0 saturated heterocycles. The summed E-state index contributed by atoms with van der Waals surface area (Å²) in [6.07, 6.45) is 0.819. The molecule has 106 valence electrons. The molecule has 0 unspecified atom stereocenters. The Kier molecular flexibility index (Phi) is 3.17. The number of phenols is 1. The Bertz CT molecular complexity index is 866. The first-order chi connectivity index (χ1) is 10.0. The quantitative estimate of drug-likeness (QED) is 0.747. The number of carbonyl (C=O) groups is 1. The van der Waals surface area contributed by atoms with Gasteiger partial charge in [0, 0.05) is 18.6 Å². The minimum Gasteiger partial charge on any atom is -0.508 e. The van der Waals surface area contributed by atoms with Crippen molar-refractivity contribution in [2.45, 2.75) is 19.8 Å². The first-order valence-electron chi connectivity index (χ1n) is 6.59. The van der Waals surface area contributed by atoms with Crippen LogP contribution in [-0.4, -0.2) is 15.9 Å². The van der Waals surface area contributed by atoms with Gasteiger partial charge in [-0.25, -0.2) is 4.98 Å². The van der Waals surface area contributed by atoms with Gasteiger partial charge in [-0.1, -0.05) is 0 Å². The number of aromatic hydroxyl groups is 1. The van der Waals surface area contributed by atoms with Crippen molar-refractivity contribution in [2.75, 3.05) is 0 Å². The summed E-state index contributed by atoms with van der Waals surface area (Å²) in [7, 11) is 0. The Morgan fingerprint density at radius 1 is 1.29 bits per heavy atom.